The lowest BCUT2D eigenvalue weighted by Crippen LogP contribution is -2.49. The first-order chi connectivity index (χ1) is 12.1. The van der Waals surface area contributed by atoms with Crippen LogP contribution in [0.2, 0.25) is 0 Å². The van der Waals surface area contributed by atoms with Gasteiger partial charge in [0, 0.05) is 37.6 Å². The van der Waals surface area contributed by atoms with Gasteiger partial charge in [-0.25, -0.2) is 0 Å². The molecular formula is C21H26N2OS. The van der Waals surface area contributed by atoms with Crippen molar-refractivity contribution in [3.05, 3.63) is 65.2 Å². The van der Waals surface area contributed by atoms with Crippen molar-refractivity contribution >= 4 is 23.4 Å². The molecule has 2 aromatic rings. The van der Waals surface area contributed by atoms with E-state index in [0.717, 1.165) is 31.9 Å². The number of hydrogen-bond acceptors (Lipinski definition) is 3. The van der Waals surface area contributed by atoms with Gasteiger partial charge in [0.05, 0.1) is 5.75 Å². The van der Waals surface area contributed by atoms with Crippen LogP contribution < -0.4 is 4.90 Å². The van der Waals surface area contributed by atoms with Crippen LogP contribution in [0.1, 0.15) is 16.7 Å². The first kappa shape index (κ1) is 17.9. The molecule has 2 aromatic carbocycles. The van der Waals surface area contributed by atoms with E-state index >= 15 is 0 Å². The lowest BCUT2D eigenvalue weighted by atomic mass is 10.1. The van der Waals surface area contributed by atoms with E-state index in [2.05, 4.69) is 49.1 Å². The normalized spacial score (nSPS) is 14.6. The number of carbonyl (C=O) groups excluding carboxylic acids is 1. The summed E-state index contributed by atoms with van der Waals surface area (Å²) in [4.78, 5) is 16.9. The van der Waals surface area contributed by atoms with Crippen LogP contribution in [0.5, 0.6) is 0 Å². The van der Waals surface area contributed by atoms with Gasteiger partial charge >= 0.3 is 0 Å². The van der Waals surface area contributed by atoms with Crippen LogP contribution in [0.3, 0.4) is 0 Å². The minimum atomic E-state index is 0.265. The predicted molar refractivity (Wildman–Crippen MR) is 107 cm³/mol. The largest absolute Gasteiger partial charge is 0.368 e. The number of nitrogens with zero attached hydrogens (tertiary/aromatic N) is 2. The molecule has 25 heavy (non-hydrogen) atoms. The number of hydrogen-bond donors (Lipinski definition) is 0. The van der Waals surface area contributed by atoms with Gasteiger partial charge in [0.25, 0.3) is 0 Å². The maximum absolute atomic E-state index is 12.4. The number of rotatable bonds is 5. The van der Waals surface area contributed by atoms with Gasteiger partial charge in [0.2, 0.25) is 5.91 Å². The van der Waals surface area contributed by atoms with E-state index < -0.39 is 0 Å². The molecule has 0 aromatic heterocycles. The van der Waals surface area contributed by atoms with Crippen molar-refractivity contribution < 1.29 is 4.79 Å². The Labute approximate surface area is 155 Å². The Morgan fingerprint density at radius 3 is 2.40 bits per heavy atom. The molecule has 1 aliphatic heterocycles. The SMILES string of the molecule is Cc1cccc(N2CCN(C(=O)CSCc3ccccc3)CC2)c1C. The average Bonchev–Trinajstić information content (AvgIpc) is 2.65. The van der Waals surface area contributed by atoms with Crippen LogP contribution in [-0.4, -0.2) is 42.7 Å². The molecule has 1 saturated heterocycles. The molecule has 1 amide bonds. The summed E-state index contributed by atoms with van der Waals surface area (Å²) in [5, 5.41) is 0. The third-order valence-corrected chi connectivity index (χ3v) is 5.87. The Balaban J connectivity index is 1.47. The van der Waals surface area contributed by atoms with Crippen LogP contribution in [0, 0.1) is 13.8 Å². The molecule has 3 rings (SSSR count). The highest BCUT2D eigenvalue weighted by atomic mass is 32.2. The van der Waals surface area contributed by atoms with Gasteiger partial charge in [0.15, 0.2) is 0 Å². The van der Waals surface area contributed by atoms with Crippen LogP contribution in [-0.2, 0) is 10.5 Å². The van der Waals surface area contributed by atoms with E-state index in [1.54, 1.807) is 11.8 Å². The van der Waals surface area contributed by atoms with E-state index in [4.69, 9.17) is 0 Å². The Morgan fingerprint density at radius 2 is 1.68 bits per heavy atom. The van der Waals surface area contributed by atoms with E-state index in [1.807, 2.05) is 23.1 Å². The lowest BCUT2D eigenvalue weighted by molar-refractivity contribution is -0.128. The molecule has 0 unspecified atom stereocenters. The number of anilines is 1. The second-order valence-corrected chi connectivity index (χ2v) is 7.55. The Kier molecular flexibility index (Phi) is 6.03. The van der Waals surface area contributed by atoms with Gasteiger partial charge < -0.3 is 9.80 Å². The summed E-state index contributed by atoms with van der Waals surface area (Å²) >= 11 is 1.70. The summed E-state index contributed by atoms with van der Waals surface area (Å²) in [6.07, 6.45) is 0. The van der Waals surface area contributed by atoms with Crippen molar-refractivity contribution in [2.24, 2.45) is 0 Å². The molecule has 0 aliphatic carbocycles. The summed E-state index contributed by atoms with van der Waals surface area (Å²) in [5.41, 5.74) is 5.26. The Hall–Kier alpha value is -1.94. The number of carbonyl (C=O) groups is 1. The summed E-state index contributed by atoms with van der Waals surface area (Å²) < 4.78 is 0. The minimum absolute atomic E-state index is 0.265. The number of benzene rings is 2. The molecule has 0 radical (unpaired) electrons. The fourth-order valence-corrected chi connectivity index (χ4v) is 4.08. The first-order valence-corrected chi connectivity index (χ1v) is 10.0. The molecule has 0 atom stereocenters. The van der Waals surface area contributed by atoms with Crippen molar-refractivity contribution in [2.75, 3.05) is 36.8 Å². The fraction of sp³-hybridized carbons (Fsp3) is 0.381. The second kappa shape index (κ2) is 8.43. The summed E-state index contributed by atoms with van der Waals surface area (Å²) in [6, 6.07) is 16.8. The van der Waals surface area contributed by atoms with Crippen molar-refractivity contribution in [3.63, 3.8) is 0 Å². The van der Waals surface area contributed by atoms with Crippen LogP contribution in [0.4, 0.5) is 5.69 Å². The van der Waals surface area contributed by atoms with Crippen molar-refractivity contribution in [1.29, 1.82) is 0 Å². The van der Waals surface area contributed by atoms with E-state index in [1.165, 1.54) is 22.4 Å². The zero-order chi connectivity index (χ0) is 17.6. The molecule has 0 saturated carbocycles. The summed E-state index contributed by atoms with van der Waals surface area (Å²) in [5.74, 6) is 1.73. The molecule has 1 heterocycles. The summed E-state index contributed by atoms with van der Waals surface area (Å²) in [6.45, 7) is 7.81. The quantitative estimate of drug-likeness (QED) is 0.814. The maximum Gasteiger partial charge on any atom is 0.232 e. The highest BCUT2D eigenvalue weighted by Gasteiger charge is 2.22. The lowest BCUT2D eigenvalue weighted by Gasteiger charge is -2.37. The molecule has 4 heteroatoms. The Bertz CT molecular complexity index is 709. The van der Waals surface area contributed by atoms with Gasteiger partial charge in [-0.3, -0.25) is 4.79 Å². The minimum Gasteiger partial charge on any atom is -0.368 e. The van der Waals surface area contributed by atoms with Crippen LogP contribution >= 0.6 is 11.8 Å². The predicted octanol–water partition coefficient (Wildman–Crippen LogP) is 3.89. The van der Waals surface area contributed by atoms with Gasteiger partial charge in [-0.2, -0.15) is 0 Å². The molecule has 0 spiro atoms. The smallest absolute Gasteiger partial charge is 0.232 e. The number of aryl methyl sites for hydroxylation is 1. The molecule has 0 bridgehead atoms. The van der Waals surface area contributed by atoms with Gasteiger partial charge in [-0.1, -0.05) is 42.5 Å². The first-order valence-electron chi connectivity index (χ1n) is 8.86. The van der Waals surface area contributed by atoms with Crippen LogP contribution in [0.15, 0.2) is 48.5 Å². The van der Waals surface area contributed by atoms with Gasteiger partial charge in [0.1, 0.15) is 0 Å². The standard InChI is InChI=1S/C21H26N2OS/c1-17-7-6-10-20(18(17)2)22-11-13-23(14-12-22)21(24)16-25-15-19-8-4-3-5-9-19/h3-10H,11-16H2,1-2H3. The second-order valence-electron chi connectivity index (χ2n) is 6.57. The zero-order valence-corrected chi connectivity index (χ0v) is 15.9. The fourth-order valence-electron chi connectivity index (χ4n) is 3.20. The Morgan fingerprint density at radius 1 is 0.960 bits per heavy atom. The van der Waals surface area contributed by atoms with Gasteiger partial charge in [-0.05, 0) is 36.6 Å². The van der Waals surface area contributed by atoms with E-state index in [0.29, 0.717) is 5.75 Å². The van der Waals surface area contributed by atoms with Crippen molar-refractivity contribution in [2.45, 2.75) is 19.6 Å². The molecule has 3 nitrogen and oxygen atoms in total. The number of piperazine rings is 1. The number of amides is 1. The maximum atomic E-state index is 12.4. The topological polar surface area (TPSA) is 23.6 Å². The molecule has 0 N–H and O–H groups in total. The molecular weight excluding hydrogens is 328 g/mol. The van der Waals surface area contributed by atoms with E-state index in [9.17, 15) is 4.79 Å². The molecule has 132 valence electrons. The van der Waals surface area contributed by atoms with Crippen LogP contribution in [0.25, 0.3) is 0 Å². The molecule has 1 fully saturated rings. The number of thioether (sulfide) groups is 1. The average molecular weight is 355 g/mol. The molecule has 1 aliphatic rings. The third kappa shape index (κ3) is 4.57. The highest BCUT2D eigenvalue weighted by Crippen LogP contribution is 2.24. The van der Waals surface area contributed by atoms with Crippen molar-refractivity contribution in [1.82, 2.24) is 4.90 Å². The van der Waals surface area contributed by atoms with E-state index in [-0.39, 0.29) is 5.91 Å². The monoisotopic (exact) mass is 354 g/mol. The van der Waals surface area contributed by atoms with Gasteiger partial charge in [-0.15, -0.1) is 11.8 Å². The van der Waals surface area contributed by atoms with Crippen molar-refractivity contribution in [3.8, 4) is 0 Å². The zero-order valence-electron chi connectivity index (χ0n) is 15.1. The third-order valence-electron chi connectivity index (χ3n) is 4.89. The highest BCUT2D eigenvalue weighted by molar-refractivity contribution is 7.99. The summed E-state index contributed by atoms with van der Waals surface area (Å²) in [7, 11) is 0.